The van der Waals surface area contributed by atoms with Gasteiger partial charge in [-0.1, -0.05) is 35.3 Å². The predicted octanol–water partition coefficient (Wildman–Crippen LogP) is 6.63. The van der Waals surface area contributed by atoms with Gasteiger partial charge in [-0.3, -0.25) is 9.36 Å². The second-order valence-electron chi connectivity index (χ2n) is 7.62. The molecule has 33 heavy (non-hydrogen) atoms. The number of methoxy groups -OCH3 is 1. The third-order valence-corrected chi connectivity index (χ3v) is 5.92. The average Bonchev–Trinajstić information content (AvgIpc) is 2.83. The second kappa shape index (κ2) is 10.7. The highest BCUT2D eigenvalue weighted by atomic mass is 35.5. The maximum atomic E-state index is 13.3. The van der Waals surface area contributed by atoms with Crippen LogP contribution in [0.3, 0.4) is 0 Å². The van der Waals surface area contributed by atoms with Gasteiger partial charge in [0.25, 0.3) is 5.56 Å². The SMILES string of the molecule is COc1ccc(-c2nc3ccccc3c(=O)n2CCCCCOc2ccc(Cl)cc2Cl)cc1. The summed E-state index contributed by atoms with van der Waals surface area (Å²) >= 11 is 12.1. The van der Waals surface area contributed by atoms with Gasteiger partial charge >= 0.3 is 0 Å². The van der Waals surface area contributed by atoms with E-state index in [1.165, 1.54) is 0 Å². The van der Waals surface area contributed by atoms with Crippen LogP contribution in [-0.2, 0) is 6.54 Å². The molecule has 0 N–H and O–H groups in total. The largest absolute Gasteiger partial charge is 0.497 e. The zero-order valence-corrected chi connectivity index (χ0v) is 19.8. The summed E-state index contributed by atoms with van der Waals surface area (Å²) in [6.45, 7) is 1.11. The number of nitrogens with zero attached hydrogens (tertiary/aromatic N) is 2. The van der Waals surface area contributed by atoms with Gasteiger partial charge in [0.15, 0.2) is 0 Å². The molecule has 7 heteroatoms. The van der Waals surface area contributed by atoms with Crippen LogP contribution in [0.15, 0.2) is 71.5 Å². The molecule has 0 amide bonds. The minimum atomic E-state index is -0.0318. The van der Waals surface area contributed by atoms with Crippen LogP contribution in [0.2, 0.25) is 10.0 Å². The highest BCUT2D eigenvalue weighted by Gasteiger charge is 2.13. The fourth-order valence-electron chi connectivity index (χ4n) is 3.66. The van der Waals surface area contributed by atoms with Crippen LogP contribution in [-0.4, -0.2) is 23.3 Å². The lowest BCUT2D eigenvalue weighted by molar-refractivity contribution is 0.304. The molecule has 0 unspecified atom stereocenters. The highest BCUT2D eigenvalue weighted by Crippen LogP contribution is 2.27. The molecule has 3 aromatic carbocycles. The highest BCUT2D eigenvalue weighted by molar-refractivity contribution is 6.35. The Hall–Kier alpha value is -3.02. The normalized spacial score (nSPS) is 11.0. The number of halogens is 2. The Morgan fingerprint density at radius 3 is 2.48 bits per heavy atom. The Bertz CT molecular complexity index is 1300. The van der Waals surface area contributed by atoms with Crippen LogP contribution in [0.4, 0.5) is 0 Å². The number of fused-ring (bicyclic) bond motifs is 1. The molecule has 4 aromatic rings. The van der Waals surface area contributed by atoms with E-state index in [1.54, 1.807) is 29.9 Å². The second-order valence-corrected chi connectivity index (χ2v) is 8.47. The molecule has 1 aromatic heterocycles. The molecule has 0 saturated carbocycles. The quantitative estimate of drug-likeness (QED) is 0.251. The van der Waals surface area contributed by atoms with Gasteiger partial charge in [-0.15, -0.1) is 0 Å². The first-order valence-corrected chi connectivity index (χ1v) is 11.5. The van der Waals surface area contributed by atoms with Gasteiger partial charge in [0.05, 0.1) is 29.6 Å². The third-order valence-electron chi connectivity index (χ3n) is 5.39. The van der Waals surface area contributed by atoms with Crippen LogP contribution in [0.5, 0.6) is 11.5 Å². The van der Waals surface area contributed by atoms with Crippen LogP contribution >= 0.6 is 23.2 Å². The van der Waals surface area contributed by atoms with Crippen LogP contribution < -0.4 is 15.0 Å². The van der Waals surface area contributed by atoms with Crippen molar-refractivity contribution < 1.29 is 9.47 Å². The number of ether oxygens (including phenoxy) is 2. The molecule has 0 atom stereocenters. The van der Waals surface area contributed by atoms with Gasteiger partial charge in [0, 0.05) is 17.1 Å². The summed E-state index contributed by atoms with van der Waals surface area (Å²) in [5.41, 5.74) is 1.53. The number of aromatic nitrogens is 2. The van der Waals surface area contributed by atoms with E-state index in [9.17, 15) is 4.79 Å². The van der Waals surface area contributed by atoms with E-state index in [4.69, 9.17) is 37.7 Å². The van der Waals surface area contributed by atoms with Crippen molar-refractivity contribution in [2.24, 2.45) is 0 Å². The zero-order chi connectivity index (χ0) is 23.2. The molecule has 0 aliphatic rings. The average molecular weight is 483 g/mol. The summed E-state index contributed by atoms with van der Waals surface area (Å²) in [7, 11) is 1.63. The van der Waals surface area contributed by atoms with Gasteiger partial charge in [0.1, 0.15) is 17.3 Å². The first-order chi connectivity index (χ1) is 16.1. The van der Waals surface area contributed by atoms with Gasteiger partial charge in [0.2, 0.25) is 0 Å². The van der Waals surface area contributed by atoms with Crippen molar-refractivity contribution in [2.75, 3.05) is 13.7 Å². The lowest BCUT2D eigenvalue weighted by Gasteiger charge is -2.14. The smallest absolute Gasteiger partial charge is 0.261 e. The predicted molar refractivity (Wildman–Crippen MR) is 134 cm³/mol. The number of para-hydroxylation sites is 1. The minimum Gasteiger partial charge on any atom is -0.497 e. The van der Waals surface area contributed by atoms with E-state index in [1.807, 2.05) is 48.5 Å². The summed E-state index contributed by atoms with van der Waals surface area (Å²) in [6, 6.07) is 20.2. The first kappa shape index (κ1) is 23.1. The molecule has 0 aliphatic carbocycles. The number of unbranched alkanes of at least 4 members (excludes halogenated alkanes) is 2. The number of rotatable bonds is 9. The fourth-order valence-corrected chi connectivity index (χ4v) is 4.12. The maximum Gasteiger partial charge on any atom is 0.261 e. The molecule has 4 rings (SSSR count). The van der Waals surface area contributed by atoms with Gasteiger partial charge < -0.3 is 9.47 Å². The molecule has 0 radical (unpaired) electrons. The fraction of sp³-hybridized carbons (Fsp3) is 0.231. The van der Waals surface area contributed by atoms with E-state index in [-0.39, 0.29) is 5.56 Å². The lowest BCUT2D eigenvalue weighted by Crippen LogP contribution is -2.23. The third kappa shape index (κ3) is 5.49. The molecule has 5 nitrogen and oxygen atoms in total. The lowest BCUT2D eigenvalue weighted by atomic mass is 10.1. The summed E-state index contributed by atoms with van der Waals surface area (Å²) in [5, 5.41) is 1.70. The Labute approximate surface area is 202 Å². The number of hydrogen-bond donors (Lipinski definition) is 0. The van der Waals surface area contributed by atoms with Crippen LogP contribution in [0.25, 0.3) is 22.3 Å². The van der Waals surface area contributed by atoms with Gasteiger partial charge in [-0.05, 0) is 73.9 Å². The number of benzene rings is 3. The molecular formula is C26H24Cl2N2O3. The van der Waals surface area contributed by atoms with E-state index < -0.39 is 0 Å². The molecule has 0 spiro atoms. The standard InChI is InChI=1S/C26H24Cl2N2O3/c1-32-20-12-9-18(10-13-20)25-29-23-8-4-3-7-21(23)26(31)30(25)15-5-2-6-16-33-24-14-11-19(27)17-22(24)28/h3-4,7-14,17H,2,5-6,15-16H2,1H3. The van der Waals surface area contributed by atoms with Crippen molar-refractivity contribution in [3.8, 4) is 22.9 Å². The van der Waals surface area contributed by atoms with Crippen molar-refractivity contribution >= 4 is 34.1 Å². The van der Waals surface area contributed by atoms with E-state index >= 15 is 0 Å². The summed E-state index contributed by atoms with van der Waals surface area (Å²) in [6.07, 6.45) is 2.56. The molecular weight excluding hydrogens is 459 g/mol. The Morgan fingerprint density at radius 2 is 1.73 bits per heavy atom. The van der Waals surface area contributed by atoms with E-state index in [0.717, 1.165) is 30.6 Å². The molecule has 0 bridgehead atoms. The van der Waals surface area contributed by atoms with Gasteiger partial charge in [-0.2, -0.15) is 0 Å². The van der Waals surface area contributed by atoms with Crippen molar-refractivity contribution in [1.29, 1.82) is 0 Å². The summed E-state index contributed by atoms with van der Waals surface area (Å²) in [4.78, 5) is 18.1. The Morgan fingerprint density at radius 1 is 0.939 bits per heavy atom. The first-order valence-electron chi connectivity index (χ1n) is 10.8. The van der Waals surface area contributed by atoms with Crippen LogP contribution in [0, 0.1) is 0 Å². The van der Waals surface area contributed by atoms with Crippen molar-refractivity contribution in [2.45, 2.75) is 25.8 Å². The molecule has 0 saturated heterocycles. The summed E-state index contributed by atoms with van der Waals surface area (Å²) in [5.74, 6) is 2.04. The Balaban J connectivity index is 1.46. The van der Waals surface area contributed by atoms with E-state index in [0.29, 0.717) is 45.7 Å². The molecule has 1 heterocycles. The van der Waals surface area contributed by atoms with Crippen LogP contribution in [0.1, 0.15) is 19.3 Å². The minimum absolute atomic E-state index is 0.0318. The molecule has 170 valence electrons. The van der Waals surface area contributed by atoms with Crippen molar-refractivity contribution in [3.05, 3.63) is 87.1 Å². The Kier molecular flexibility index (Phi) is 7.53. The van der Waals surface area contributed by atoms with Gasteiger partial charge in [-0.25, -0.2) is 4.98 Å². The molecule has 0 fully saturated rings. The molecule has 0 aliphatic heterocycles. The summed E-state index contributed by atoms with van der Waals surface area (Å²) < 4.78 is 12.8. The van der Waals surface area contributed by atoms with Crippen molar-refractivity contribution in [3.63, 3.8) is 0 Å². The topological polar surface area (TPSA) is 53.3 Å². The van der Waals surface area contributed by atoms with E-state index in [2.05, 4.69) is 0 Å². The zero-order valence-electron chi connectivity index (χ0n) is 18.3. The monoisotopic (exact) mass is 482 g/mol. The number of hydrogen-bond acceptors (Lipinski definition) is 4. The van der Waals surface area contributed by atoms with Crippen molar-refractivity contribution in [1.82, 2.24) is 9.55 Å². The maximum absolute atomic E-state index is 13.3.